The number of fused-ring (bicyclic) bond motifs is 1. The van der Waals surface area contributed by atoms with Crippen molar-refractivity contribution >= 4 is 23.5 Å². The van der Waals surface area contributed by atoms with Crippen LogP contribution in [0.25, 0.3) is 0 Å². The fraction of sp³-hybridized carbons (Fsp3) is 0.429. The third-order valence-corrected chi connectivity index (χ3v) is 7.04. The van der Waals surface area contributed by atoms with Gasteiger partial charge in [0.05, 0.1) is 24.6 Å². The van der Waals surface area contributed by atoms with Crippen LogP contribution in [0.4, 0.5) is 5.69 Å². The van der Waals surface area contributed by atoms with Gasteiger partial charge in [-0.3, -0.25) is 14.5 Å². The molecule has 4 rings (SSSR count). The number of nitrogens with one attached hydrogen (secondary N) is 1. The van der Waals surface area contributed by atoms with Gasteiger partial charge < -0.3 is 25.2 Å². The summed E-state index contributed by atoms with van der Waals surface area (Å²) >= 11 is 0. The van der Waals surface area contributed by atoms with E-state index in [0.29, 0.717) is 36.6 Å². The monoisotopic (exact) mass is 565 g/mol. The van der Waals surface area contributed by atoms with E-state index in [2.05, 4.69) is 25.7 Å². The number of carboxylic acids is 1. The summed E-state index contributed by atoms with van der Waals surface area (Å²) in [6.45, 7) is 5.09. The molecule has 0 saturated carbocycles. The first-order valence-electron chi connectivity index (χ1n) is 13.3. The summed E-state index contributed by atoms with van der Waals surface area (Å²) in [7, 11) is 1.96. The van der Waals surface area contributed by atoms with Crippen molar-refractivity contribution in [3.8, 4) is 5.75 Å². The maximum Gasteiger partial charge on any atom is 0.335 e. The number of hydrogen-bond donors (Lipinski definition) is 3. The Labute approximate surface area is 237 Å². The van der Waals surface area contributed by atoms with Crippen LogP contribution in [0.3, 0.4) is 0 Å². The molecule has 2 aromatic carbocycles. The lowest BCUT2D eigenvalue weighted by Crippen LogP contribution is -2.47. The minimum atomic E-state index is -0.970. The first-order chi connectivity index (χ1) is 19.6. The Kier molecular flexibility index (Phi) is 9.63. The van der Waals surface area contributed by atoms with Gasteiger partial charge in [-0.1, -0.05) is 19.1 Å². The lowest BCUT2D eigenvalue weighted by Gasteiger charge is -2.34. The van der Waals surface area contributed by atoms with E-state index in [0.717, 1.165) is 5.56 Å². The van der Waals surface area contributed by atoms with Crippen molar-refractivity contribution in [3.63, 3.8) is 0 Å². The van der Waals surface area contributed by atoms with Crippen LogP contribution in [0.1, 0.15) is 35.3 Å². The van der Waals surface area contributed by atoms with Crippen molar-refractivity contribution in [1.82, 2.24) is 30.0 Å². The zero-order chi connectivity index (χ0) is 29.5. The van der Waals surface area contributed by atoms with E-state index < -0.39 is 5.97 Å². The van der Waals surface area contributed by atoms with Gasteiger partial charge in [0, 0.05) is 36.8 Å². The van der Waals surface area contributed by atoms with Gasteiger partial charge in [-0.05, 0) is 60.3 Å². The smallest absolute Gasteiger partial charge is 0.335 e. The number of tetrazole rings is 1. The first-order valence-corrected chi connectivity index (χ1v) is 13.3. The Balaban J connectivity index is 1.55. The van der Waals surface area contributed by atoms with Gasteiger partial charge in [0.1, 0.15) is 24.7 Å². The van der Waals surface area contributed by atoms with Crippen LogP contribution in [-0.2, 0) is 29.1 Å². The molecule has 3 N–H and O–H groups in total. The molecule has 0 bridgehead atoms. The molecule has 41 heavy (non-hydrogen) atoms. The molecule has 13 heteroatoms. The number of likely N-dealkylation sites (N-methyl/N-ethyl adjacent to an activating group) is 1. The van der Waals surface area contributed by atoms with Gasteiger partial charge in [0.2, 0.25) is 11.8 Å². The molecule has 0 aliphatic carbocycles. The second-order valence-electron chi connectivity index (χ2n) is 10.5. The third kappa shape index (κ3) is 7.86. The van der Waals surface area contributed by atoms with Crippen LogP contribution in [0.15, 0.2) is 48.8 Å². The number of aliphatic hydroxyl groups excluding tert-OH is 1. The number of aromatic carboxylic acids is 1. The number of carboxylic acid groups (broad SMARTS) is 1. The molecule has 1 aliphatic heterocycles. The summed E-state index contributed by atoms with van der Waals surface area (Å²) in [5.74, 6) is -0.971. The van der Waals surface area contributed by atoms with Crippen molar-refractivity contribution in [2.75, 3.05) is 32.1 Å². The fourth-order valence-corrected chi connectivity index (χ4v) is 4.76. The van der Waals surface area contributed by atoms with Gasteiger partial charge in [-0.25, -0.2) is 9.48 Å². The number of carbonyl (C=O) groups is 3. The van der Waals surface area contributed by atoms with Crippen LogP contribution in [0.2, 0.25) is 0 Å². The maximum atomic E-state index is 13.4. The number of ether oxygens (including phenoxy) is 1. The predicted molar refractivity (Wildman–Crippen MR) is 148 cm³/mol. The van der Waals surface area contributed by atoms with Gasteiger partial charge in [0.15, 0.2) is 0 Å². The summed E-state index contributed by atoms with van der Waals surface area (Å²) in [5, 5.41) is 32.6. The minimum Gasteiger partial charge on any atom is -0.488 e. The first kappa shape index (κ1) is 29.6. The summed E-state index contributed by atoms with van der Waals surface area (Å²) in [4.78, 5) is 40.9. The van der Waals surface area contributed by atoms with E-state index >= 15 is 0 Å². The standard InChI is InChI=1S/C28H35N7O6/c1-18-12-35(19(2)16-36)27(38)11-22-10-23(30-26(37)15-34-17-29-31-32-34)8-9-24(22)41-25(18)14-33(3)13-20-4-6-21(7-5-20)28(39)40/h4-10,17-19,25,36H,11-16H2,1-3H3,(H,30,37)(H,39,40)/t18-,19+,25-/m1/s1. The molecule has 0 radical (unpaired) electrons. The van der Waals surface area contributed by atoms with Crippen LogP contribution in [0, 0.1) is 5.92 Å². The second-order valence-corrected chi connectivity index (χ2v) is 10.5. The molecule has 1 aliphatic rings. The summed E-state index contributed by atoms with van der Waals surface area (Å²) in [6, 6.07) is 11.6. The minimum absolute atomic E-state index is 0.0432. The van der Waals surface area contributed by atoms with E-state index in [1.54, 1.807) is 47.4 Å². The molecule has 0 spiro atoms. The predicted octanol–water partition coefficient (Wildman–Crippen LogP) is 1.29. The molecule has 1 aromatic heterocycles. The highest BCUT2D eigenvalue weighted by Gasteiger charge is 2.31. The van der Waals surface area contributed by atoms with Crippen LogP contribution in [-0.4, -0.2) is 96.9 Å². The van der Waals surface area contributed by atoms with Gasteiger partial charge in [-0.15, -0.1) is 5.10 Å². The molecule has 0 unspecified atom stereocenters. The Hall–Kier alpha value is -4.36. The zero-order valence-corrected chi connectivity index (χ0v) is 23.3. The number of rotatable bonds is 10. The number of amides is 2. The van der Waals surface area contributed by atoms with E-state index in [1.807, 2.05) is 20.9 Å². The Morgan fingerprint density at radius 1 is 1.22 bits per heavy atom. The van der Waals surface area contributed by atoms with Gasteiger partial charge >= 0.3 is 5.97 Å². The van der Waals surface area contributed by atoms with Crippen molar-refractivity contribution in [2.24, 2.45) is 5.92 Å². The lowest BCUT2D eigenvalue weighted by molar-refractivity contribution is -0.134. The average Bonchev–Trinajstić information content (AvgIpc) is 3.45. The number of anilines is 1. The largest absolute Gasteiger partial charge is 0.488 e. The van der Waals surface area contributed by atoms with E-state index in [4.69, 9.17) is 9.84 Å². The zero-order valence-electron chi connectivity index (χ0n) is 23.3. The van der Waals surface area contributed by atoms with E-state index in [1.165, 1.54) is 11.0 Å². The molecule has 13 nitrogen and oxygen atoms in total. The molecular weight excluding hydrogens is 530 g/mol. The number of aliphatic hydroxyl groups is 1. The fourth-order valence-electron chi connectivity index (χ4n) is 4.76. The number of hydrogen-bond acceptors (Lipinski definition) is 9. The number of benzene rings is 2. The van der Waals surface area contributed by atoms with Crippen molar-refractivity contribution in [2.45, 2.75) is 45.5 Å². The van der Waals surface area contributed by atoms with Crippen LogP contribution < -0.4 is 10.1 Å². The average molecular weight is 566 g/mol. The quantitative estimate of drug-likeness (QED) is 0.326. The molecule has 0 fully saturated rings. The van der Waals surface area contributed by atoms with Crippen molar-refractivity contribution in [3.05, 3.63) is 65.5 Å². The number of carbonyl (C=O) groups excluding carboxylic acids is 2. The molecule has 218 valence electrons. The van der Waals surface area contributed by atoms with Crippen LogP contribution >= 0.6 is 0 Å². The highest BCUT2D eigenvalue weighted by atomic mass is 16.5. The van der Waals surface area contributed by atoms with Crippen molar-refractivity contribution in [1.29, 1.82) is 0 Å². The van der Waals surface area contributed by atoms with Crippen molar-refractivity contribution < 1.29 is 29.3 Å². The summed E-state index contributed by atoms with van der Waals surface area (Å²) in [6.07, 6.45) is 1.08. The summed E-state index contributed by atoms with van der Waals surface area (Å²) < 4.78 is 7.84. The molecule has 2 amide bonds. The SMILES string of the molecule is C[C@@H]1CN([C@@H](C)CO)C(=O)Cc2cc(NC(=O)Cn3cnnn3)ccc2O[C@@H]1CN(C)Cc1ccc(C(=O)O)cc1. The Bertz CT molecular complexity index is 1350. The number of aromatic nitrogens is 4. The molecule has 3 atom stereocenters. The molecule has 3 aromatic rings. The third-order valence-electron chi connectivity index (χ3n) is 7.04. The topological polar surface area (TPSA) is 163 Å². The molecular formula is C28H35N7O6. The second kappa shape index (κ2) is 13.3. The highest BCUT2D eigenvalue weighted by molar-refractivity contribution is 5.91. The molecule has 2 heterocycles. The highest BCUT2D eigenvalue weighted by Crippen LogP contribution is 2.29. The Morgan fingerprint density at radius 3 is 2.63 bits per heavy atom. The van der Waals surface area contributed by atoms with E-state index in [9.17, 15) is 19.5 Å². The normalized spacial score (nSPS) is 18.1. The number of nitrogens with zero attached hydrogens (tertiary/aromatic N) is 6. The maximum absolute atomic E-state index is 13.4. The summed E-state index contributed by atoms with van der Waals surface area (Å²) in [5.41, 5.74) is 2.32. The van der Waals surface area contributed by atoms with E-state index in [-0.39, 0.29) is 55.0 Å². The Morgan fingerprint density at radius 2 is 1.98 bits per heavy atom. The lowest BCUT2D eigenvalue weighted by atomic mass is 10.0. The van der Waals surface area contributed by atoms with Gasteiger partial charge in [-0.2, -0.15) is 0 Å². The van der Waals surface area contributed by atoms with Crippen LogP contribution in [0.5, 0.6) is 5.75 Å². The molecule has 0 saturated heterocycles. The van der Waals surface area contributed by atoms with Gasteiger partial charge in [0.25, 0.3) is 0 Å².